The van der Waals surface area contributed by atoms with Crippen LogP contribution in [0.4, 0.5) is 0 Å². The molecule has 0 amide bonds. The van der Waals surface area contributed by atoms with Gasteiger partial charge in [0.1, 0.15) is 5.75 Å². The highest BCUT2D eigenvalue weighted by molar-refractivity contribution is 6.62. The monoisotopic (exact) mass is 288 g/mol. The van der Waals surface area contributed by atoms with Gasteiger partial charge in [-0.3, -0.25) is 0 Å². The van der Waals surface area contributed by atoms with Gasteiger partial charge in [-0.15, -0.1) is 0 Å². The molecule has 0 atom stereocenters. The molecule has 1 saturated heterocycles. The van der Waals surface area contributed by atoms with Crippen LogP contribution in [0.25, 0.3) is 6.08 Å². The Labute approximate surface area is 128 Å². The molecule has 0 spiro atoms. The van der Waals surface area contributed by atoms with Crippen LogP contribution in [0, 0.1) is 6.92 Å². The average molecular weight is 288 g/mol. The van der Waals surface area contributed by atoms with Crippen molar-refractivity contribution in [2.24, 2.45) is 0 Å². The molecule has 0 saturated carbocycles. The standard InChI is InChI=1S/C17H25BO3/c1-8-9-13-11-14(10-12(2)15(13)19-7)18-20-16(3,4)17(5,6)21-18/h8-11H,1-7H3. The van der Waals surface area contributed by atoms with Gasteiger partial charge in [0.25, 0.3) is 0 Å². The zero-order chi connectivity index (χ0) is 15.8. The summed E-state index contributed by atoms with van der Waals surface area (Å²) < 4.78 is 17.7. The highest BCUT2D eigenvalue weighted by atomic mass is 16.7. The first-order valence-corrected chi connectivity index (χ1v) is 7.38. The van der Waals surface area contributed by atoms with Gasteiger partial charge in [0, 0.05) is 5.56 Å². The van der Waals surface area contributed by atoms with Crippen molar-refractivity contribution in [3.05, 3.63) is 29.3 Å². The summed E-state index contributed by atoms with van der Waals surface area (Å²) in [6, 6.07) is 4.15. The number of methoxy groups -OCH3 is 1. The highest BCUT2D eigenvalue weighted by Crippen LogP contribution is 2.37. The number of aryl methyl sites for hydroxylation is 1. The third-order valence-electron chi connectivity index (χ3n) is 4.40. The molecule has 0 unspecified atom stereocenters. The number of ether oxygens (including phenoxy) is 1. The normalized spacial score (nSPS) is 20.2. The molecule has 0 N–H and O–H groups in total. The van der Waals surface area contributed by atoms with Crippen molar-refractivity contribution >= 4 is 18.7 Å². The third kappa shape index (κ3) is 2.88. The van der Waals surface area contributed by atoms with Crippen LogP contribution in [0.1, 0.15) is 45.7 Å². The minimum atomic E-state index is -0.344. The topological polar surface area (TPSA) is 27.7 Å². The van der Waals surface area contributed by atoms with E-state index < -0.39 is 0 Å². The number of benzene rings is 1. The molecule has 4 heteroatoms. The summed E-state index contributed by atoms with van der Waals surface area (Å²) in [5.41, 5.74) is 2.50. The Morgan fingerprint density at radius 3 is 2.14 bits per heavy atom. The summed E-state index contributed by atoms with van der Waals surface area (Å²) in [6.07, 6.45) is 4.05. The Morgan fingerprint density at radius 2 is 1.67 bits per heavy atom. The zero-order valence-electron chi connectivity index (χ0n) is 14.1. The fourth-order valence-electron chi connectivity index (χ4n) is 2.53. The average Bonchev–Trinajstić information content (AvgIpc) is 2.58. The van der Waals surface area contributed by atoms with E-state index in [1.165, 1.54) is 0 Å². The summed E-state index contributed by atoms with van der Waals surface area (Å²) in [7, 11) is 1.35. The van der Waals surface area contributed by atoms with Gasteiger partial charge in [0.15, 0.2) is 0 Å². The second-order valence-electron chi connectivity index (χ2n) is 6.55. The Morgan fingerprint density at radius 1 is 1.10 bits per heavy atom. The molecule has 1 aromatic carbocycles. The summed E-state index contributed by atoms with van der Waals surface area (Å²) in [5.74, 6) is 0.897. The molecule has 21 heavy (non-hydrogen) atoms. The van der Waals surface area contributed by atoms with Gasteiger partial charge in [0.2, 0.25) is 0 Å². The van der Waals surface area contributed by atoms with Gasteiger partial charge in [-0.25, -0.2) is 0 Å². The third-order valence-corrected chi connectivity index (χ3v) is 4.40. The van der Waals surface area contributed by atoms with E-state index in [1.54, 1.807) is 7.11 Å². The van der Waals surface area contributed by atoms with Gasteiger partial charge in [-0.2, -0.15) is 0 Å². The fourth-order valence-corrected chi connectivity index (χ4v) is 2.53. The van der Waals surface area contributed by atoms with E-state index in [0.717, 1.165) is 22.3 Å². The molecular formula is C17H25BO3. The van der Waals surface area contributed by atoms with Gasteiger partial charge in [0.05, 0.1) is 18.3 Å². The van der Waals surface area contributed by atoms with E-state index in [1.807, 2.05) is 26.0 Å². The van der Waals surface area contributed by atoms with E-state index in [2.05, 4.69) is 39.8 Å². The smallest absolute Gasteiger partial charge is 0.494 e. The van der Waals surface area contributed by atoms with E-state index in [0.29, 0.717) is 0 Å². The SMILES string of the molecule is CC=Cc1cc(B2OC(C)(C)C(C)(C)O2)cc(C)c1OC. The Bertz CT molecular complexity index is 545. The Hall–Kier alpha value is -1.26. The van der Waals surface area contributed by atoms with E-state index in [4.69, 9.17) is 14.0 Å². The molecule has 3 nitrogen and oxygen atoms in total. The van der Waals surface area contributed by atoms with E-state index in [9.17, 15) is 0 Å². The quantitative estimate of drug-likeness (QED) is 0.798. The lowest BCUT2D eigenvalue weighted by atomic mass is 9.77. The number of rotatable bonds is 3. The largest absolute Gasteiger partial charge is 0.496 e. The minimum absolute atomic E-state index is 0.327. The first kappa shape index (κ1) is 16.1. The van der Waals surface area contributed by atoms with Crippen LogP contribution >= 0.6 is 0 Å². The lowest BCUT2D eigenvalue weighted by Gasteiger charge is -2.32. The van der Waals surface area contributed by atoms with E-state index >= 15 is 0 Å². The Balaban J connectivity index is 2.43. The molecule has 0 aromatic heterocycles. The van der Waals surface area contributed by atoms with Gasteiger partial charge >= 0.3 is 7.12 Å². The van der Waals surface area contributed by atoms with E-state index in [-0.39, 0.29) is 18.3 Å². The minimum Gasteiger partial charge on any atom is -0.496 e. The molecule has 1 aliphatic heterocycles. The molecule has 0 radical (unpaired) electrons. The molecular weight excluding hydrogens is 263 g/mol. The highest BCUT2D eigenvalue weighted by Gasteiger charge is 2.51. The van der Waals surface area contributed by atoms with Crippen molar-refractivity contribution in [1.82, 2.24) is 0 Å². The number of hydrogen-bond donors (Lipinski definition) is 0. The van der Waals surface area contributed by atoms with Gasteiger partial charge < -0.3 is 14.0 Å². The van der Waals surface area contributed by atoms with Crippen LogP contribution in [0.2, 0.25) is 0 Å². The summed E-state index contributed by atoms with van der Waals surface area (Å²) in [5, 5.41) is 0. The maximum absolute atomic E-state index is 6.12. The zero-order valence-corrected chi connectivity index (χ0v) is 14.1. The maximum atomic E-state index is 6.12. The summed E-state index contributed by atoms with van der Waals surface area (Å²) >= 11 is 0. The summed E-state index contributed by atoms with van der Waals surface area (Å²) in [4.78, 5) is 0. The molecule has 114 valence electrons. The predicted molar refractivity (Wildman–Crippen MR) is 88.2 cm³/mol. The lowest BCUT2D eigenvalue weighted by molar-refractivity contribution is 0.00578. The molecule has 0 aliphatic carbocycles. The Kier molecular flexibility index (Phi) is 4.23. The van der Waals surface area contributed by atoms with Crippen molar-refractivity contribution in [1.29, 1.82) is 0 Å². The number of allylic oxidation sites excluding steroid dienone is 1. The lowest BCUT2D eigenvalue weighted by Crippen LogP contribution is -2.41. The first-order valence-electron chi connectivity index (χ1n) is 7.38. The molecule has 1 aliphatic rings. The second kappa shape index (κ2) is 5.50. The fraction of sp³-hybridized carbons (Fsp3) is 0.529. The molecule has 2 rings (SSSR count). The maximum Gasteiger partial charge on any atom is 0.494 e. The molecule has 0 bridgehead atoms. The van der Waals surface area contributed by atoms with Crippen LogP contribution < -0.4 is 10.2 Å². The van der Waals surface area contributed by atoms with Crippen LogP contribution in [0.5, 0.6) is 5.75 Å². The van der Waals surface area contributed by atoms with Crippen molar-refractivity contribution in [3.8, 4) is 5.75 Å². The van der Waals surface area contributed by atoms with Crippen molar-refractivity contribution in [3.63, 3.8) is 0 Å². The van der Waals surface area contributed by atoms with Crippen LogP contribution in [-0.4, -0.2) is 25.4 Å². The van der Waals surface area contributed by atoms with Crippen molar-refractivity contribution < 1.29 is 14.0 Å². The predicted octanol–water partition coefficient (Wildman–Crippen LogP) is 3.34. The van der Waals surface area contributed by atoms with Crippen LogP contribution in [0.3, 0.4) is 0 Å². The van der Waals surface area contributed by atoms with Gasteiger partial charge in [-0.1, -0.05) is 24.3 Å². The van der Waals surface area contributed by atoms with Gasteiger partial charge in [-0.05, 0) is 52.6 Å². The molecule has 1 heterocycles. The first-order chi connectivity index (χ1) is 9.71. The van der Waals surface area contributed by atoms with Crippen molar-refractivity contribution in [2.45, 2.75) is 52.7 Å². The van der Waals surface area contributed by atoms with Crippen LogP contribution in [-0.2, 0) is 9.31 Å². The number of hydrogen-bond acceptors (Lipinski definition) is 3. The second-order valence-corrected chi connectivity index (χ2v) is 6.55. The van der Waals surface area contributed by atoms with Crippen molar-refractivity contribution in [2.75, 3.05) is 7.11 Å². The molecule has 1 fully saturated rings. The summed E-state index contributed by atoms with van der Waals surface area (Å²) in [6.45, 7) is 12.3. The molecule has 1 aromatic rings. The van der Waals surface area contributed by atoms with Crippen LogP contribution in [0.15, 0.2) is 18.2 Å².